The summed E-state index contributed by atoms with van der Waals surface area (Å²) in [5.41, 5.74) is 1.81. The van der Waals surface area contributed by atoms with Crippen molar-refractivity contribution in [3.8, 4) is 0 Å². The third-order valence-electron chi connectivity index (χ3n) is 2.63. The molecule has 0 atom stereocenters. The zero-order valence-electron chi connectivity index (χ0n) is 10.9. The maximum Gasteiger partial charge on any atom is 0.356 e. The third-order valence-corrected chi connectivity index (χ3v) is 2.63. The molecular weight excluding hydrogens is 262 g/mol. The van der Waals surface area contributed by atoms with E-state index in [2.05, 4.69) is 25.8 Å². The SMILES string of the molecule is Cc1n[nH]c(C)c1NC(=O)Nc1cccnc1C(=O)O. The van der Waals surface area contributed by atoms with Crippen LogP contribution in [0.5, 0.6) is 0 Å². The Labute approximate surface area is 114 Å². The Morgan fingerprint density at radius 3 is 2.65 bits per heavy atom. The van der Waals surface area contributed by atoms with Gasteiger partial charge in [0.1, 0.15) is 0 Å². The van der Waals surface area contributed by atoms with Crippen molar-refractivity contribution in [1.29, 1.82) is 0 Å². The molecule has 0 radical (unpaired) electrons. The van der Waals surface area contributed by atoms with Crippen LogP contribution in [0.15, 0.2) is 18.3 Å². The van der Waals surface area contributed by atoms with Gasteiger partial charge in [0.25, 0.3) is 0 Å². The first-order chi connectivity index (χ1) is 9.49. The van der Waals surface area contributed by atoms with E-state index in [1.54, 1.807) is 13.8 Å². The fourth-order valence-electron chi connectivity index (χ4n) is 1.68. The van der Waals surface area contributed by atoms with Crippen molar-refractivity contribution in [3.05, 3.63) is 35.4 Å². The van der Waals surface area contributed by atoms with Crippen LogP contribution in [-0.4, -0.2) is 32.3 Å². The minimum absolute atomic E-state index is 0.122. The van der Waals surface area contributed by atoms with E-state index >= 15 is 0 Å². The molecule has 0 unspecified atom stereocenters. The van der Waals surface area contributed by atoms with Crippen molar-refractivity contribution in [1.82, 2.24) is 15.2 Å². The normalized spacial score (nSPS) is 10.1. The number of rotatable bonds is 3. The van der Waals surface area contributed by atoms with Gasteiger partial charge in [0.15, 0.2) is 5.69 Å². The zero-order chi connectivity index (χ0) is 14.7. The molecule has 0 aromatic carbocycles. The van der Waals surface area contributed by atoms with E-state index < -0.39 is 12.0 Å². The molecule has 2 aromatic rings. The average Bonchev–Trinajstić information content (AvgIpc) is 2.71. The van der Waals surface area contributed by atoms with Gasteiger partial charge in [0.05, 0.1) is 22.8 Å². The fraction of sp³-hybridized carbons (Fsp3) is 0.167. The van der Waals surface area contributed by atoms with E-state index in [9.17, 15) is 9.59 Å². The Bertz CT molecular complexity index is 645. The molecule has 0 aliphatic carbocycles. The number of carboxylic acids is 1. The summed E-state index contributed by atoms with van der Waals surface area (Å²) >= 11 is 0. The molecule has 0 aliphatic heterocycles. The van der Waals surface area contributed by atoms with E-state index in [0.717, 1.165) is 0 Å². The Morgan fingerprint density at radius 1 is 1.30 bits per heavy atom. The summed E-state index contributed by atoms with van der Waals surface area (Å²) in [6, 6.07) is 2.44. The van der Waals surface area contributed by atoms with Crippen molar-refractivity contribution in [2.24, 2.45) is 0 Å². The molecule has 2 rings (SSSR count). The number of hydrogen-bond acceptors (Lipinski definition) is 4. The Kier molecular flexibility index (Phi) is 3.65. The van der Waals surface area contributed by atoms with Crippen molar-refractivity contribution in [3.63, 3.8) is 0 Å². The number of H-pyrrole nitrogens is 1. The number of pyridine rings is 1. The average molecular weight is 275 g/mol. The molecule has 8 nitrogen and oxygen atoms in total. The number of anilines is 2. The number of aromatic carboxylic acids is 1. The number of aromatic amines is 1. The monoisotopic (exact) mass is 275 g/mol. The van der Waals surface area contributed by atoms with Crippen LogP contribution in [0.1, 0.15) is 21.9 Å². The number of aryl methyl sites for hydroxylation is 2. The molecule has 0 spiro atoms. The zero-order valence-corrected chi connectivity index (χ0v) is 10.9. The van der Waals surface area contributed by atoms with Crippen molar-refractivity contribution in [2.45, 2.75) is 13.8 Å². The van der Waals surface area contributed by atoms with Gasteiger partial charge in [-0.15, -0.1) is 0 Å². The lowest BCUT2D eigenvalue weighted by atomic mass is 10.3. The molecule has 4 N–H and O–H groups in total. The second-order valence-electron chi connectivity index (χ2n) is 4.09. The summed E-state index contributed by atoms with van der Waals surface area (Å²) in [5, 5.41) is 20.7. The maximum absolute atomic E-state index is 11.9. The van der Waals surface area contributed by atoms with Crippen LogP contribution in [-0.2, 0) is 0 Å². The van der Waals surface area contributed by atoms with Gasteiger partial charge in [-0.2, -0.15) is 5.10 Å². The number of hydrogen-bond donors (Lipinski definition) is 4. The lowest BCUT2D eigenvalue weighted by Gasteiger charge is -2.09. The van der Waals surface area contributed by atoms with E-state index in [0.29, 0.717) is 17.1 Å². The summed E-state index contributed by atoms with van der Waals surface area (Å²) in [6.45, 7) is 3.51. The van der Waals surface area contributed by atoms with Gasteiger partial charge in [-0.3, -0.25) is 5.10 Å². The maximum atomic E-state index is 11.9. The minimum atomic E-state index is -1.21. The second-order valence-corrected chi connectivity index (χ2v) is 4.09. The smallest absolute Gasteiger partial charge is 0.356 e. The highest BCUT2D eigenvalue weighted by atomic mass is 16.4. The van der Waals surface area contributed by atoms with Gasteiger partial charge < -0.3 is 15.7 Å². The van der Waals surface area contributed by atoms with Gasteiger partial charge in [-0.25, -0.2) is 14.6 Å². The molecule has 0 saturated carbocycles. The summed E-state index contributed by atoms with van der Waals surface area (Å²) < 4.78 is 0. The Morgan fingerprint density at radius 2 is 2.05 bits per heavy atom. The number of carboxylic acid groups (broad SMARTS) is 1. The number of carbonyl (C=O) groups is 2. The predicted octanol–water partition coefficient (Wildman–Crippen LogP) is 1.76. The highest BCUT2D eigenvalue weighted by Gasteiger charge is 2.15. The highest BCUT2D eigenvalue weighted by Crippen LogP contribution is 2.17. The van der Waals surface area contributed by atoms with Crippen LogP contribution >= 0.6 is 0 Å². The molecule has 20 heavy (non-hydrogen) atoms. The van der Waals surface area contributed by atoms with E-state index in [1.165, 1.54) is 18.3 Å². The summed E-state index contributed by atoms with van der Waals surface area (Å²) in [4.78, 5) is 26.6. The molecule has 2 heterocycles. The van der Waals surface area contributed by atoms with Gasteiger partial charge in [-0.05, 0) is 26.0 Å². The van der Waals surface area contributed by atoms with E-state index in [4.69, 9.17) is 5.11 Å². The van der Waals surface area contributed by atoms with Crippen LogP contribution in [0.2, 0.25) is 0 Å². The number of nitrogens with zero attached hydrogens (tertiary/aromatic N) is 2. The number of nitrogens with one attached hydrogen (secondary N) is 3. The second kappa shape index (κ2) is 5.39. The minimum Gasteiger partial charge on any atom is -0.476 e. The van der Waals surface area contributed by atoms with E-state index in [-0.39, 0.29) is 11.4 Å². The summed E-state index contributed by atoms with van der Waals surface area (Å²) in [7, 11) is 0. The molecule has 0 fully saturated rings. The van der Waals surface area contributed by atoms with Crippen LogP contribution in [0.4, 0.5) is 16.2 Å². The quantitative estimate of drug-likeness (QED) is 0.680. The number of aromatic nitrogens is 3. The molecule has 0 bridgehead atoms. The number of urea groups is 1. The first kappa shape index (κ1) is 13.5. The fourth-order valence-corrected chi connectivity index (χ4v) is 1.68. The van der Waals surface area contributed by atoms with Gasteiger partial charge in [0.2, 0.25) is 0 Å². The highest BCUT2D eigenvalue weighted by molar-refractivity contribution is 6.04. The van der Waals surface area contributed by atoms with Crippen LogP contribution < -0.4 is 10.6 Å². The topological polar surface area (TPSA) is 120 Å². The Hall–Kier alpha value is -2.90. The molecule has 8 heteroatoms. The van der Waals surface area contributed by atoms with Crippen molar-refractivity contribution < 1.29 is 14.7 Å². The largest absolute Gasteiger partial charge is 0.476 e. The first-order valence-electron chi connectivity index (χ1n) is 5.77. The number of carbonyl (C=O) groups excluding carboxylic acids is 1. The standard InChI is InChI=1S/C12H13N5O3/c1-6-9(7(2)17-16-6)15-12(20)14-8-4-3-5-13-10(8)11(18)19/h3-5H,1-2H3,(H,16,17)(H,18,19)(H2,14,15,20). The Balaban J connectivity index is 2.15. The number of amides is 2. The summed E-state index contributed by atoms with van der Waals surface area (Å²) in [5.74, 6) is -1.21. The molecule has 104 valence electrons. The lowest BCUT2D eigenvalue weighted by Crippen LogP contribution is -2.22. The van der Waals surface area contributed by atoms with Crippen molar-refractivity contribution >= 4 is 23.4 Å². The molecule has 2 aromatic heterocycles. The lowest BCUT2D eigenvalue weighted by molar-refractivity contribution is 0.0692. The summed E-state index contributed by atoms with van der Waals surface area (Å²) in [6.07, 6.45) is 1.34. The third kappa shape index (κ3) is 2.74. The first-order valence-corrected chi connectivity index (χ1v) is 5.77. The molecule has 0 saturated heterocycles. The predicted molar refractivity (Wildman–Crippen MR) is 71.9 cm³/mol. The van der Waals surface area contributed by atoms with Crippen LogP contribution in [0.25, 0.3) is 0 Å². The van der Waals surface area contributed by atoms with Crippen LogP contribution in [0, 0.1) is 13.8 Å². The van der Waals surface area contributed by atoms with Gasteiger partial charge in [-0.1, -0.05) is 0 Å². The van der Waals surface area contributed by atoms with Gasteiger partial charge in [0, 0.05) is 6.20 Å². The van der Waals surface area contributed by atoms with Crippen LogP contribution in [0.3, 0.4) is 0 Å². The molecule has 2 amide bonds. The molecular formula is C12H13N5O3. The van der Waals surface area contributed by atoms with Crippen molar-refractivity contribution in [2.75, 3.05) is 10.6 Å². The van der Waals surface area contributed by atoms with Gasteiger partial charge >= 0.3 is 12.0 Å². The molecule has 0 aliphatic rings. The van der Waals surface area contributed by atoms with E-state index in [1.807, 2.05) is 0 Å².